The molecule has 0 spiro atoms. The third-order valence-corrected chi connectivity index (χ3v) is 4.62. The smallest absolute Gasteiger partial charge is 0.257 e. The second-order valence-electron chi connectivity index (χ2n) is 4.94. The fourth-order valence-corrected chi connectivity index (χ4v) is 3.35. The van der Waals surface area contributed by atoms with E-state index in [0.29, 0.717) is 5.69 Å². The van der Waals surface area contributed by atoms with Gasteiger partial charge < -0.3 is 15.5 Å². The highest BCUT2D eigenvalue weighted by Gasteiger charge is 2.20. The molecule has 2 heterocycles. The van der Waals surface area contributed by atoms with Gasteiger partial charge in [0.25, 0.3) is 4.74 Å². The number of nitrogen functional groups attached to an aromatic ring is 1. The Morgan fingerprint density at radius 2 is 1.84 bits per heavy atom. The van der Waals surface area contributed by atoms with Gasteiger partial charge in [0.05, 0.1) is 5.69 Å². The van der Waals surface area contributed by atoms with Gasteiger partial charge in [0.1, 0.15) is 5.69 Å². The first-order valence-corrected chi connectivity index (χ1v) is 7.23. The highest BCUT2D eigenvalue weighted by Crippen LogP contribution is 2.32. The minimum atomic E-state index is -0.0346. The third kappa shape index (κ3) is 2.19. The minimum absolute atomic E-state index is 0.0346. The van der Waals surface area contributed by atoms with Crippen molar-refractivity contribution in [2.24, 2.45) is 0 Å². The SMILES string of the molecule is CN1CCN(c2c(N)c(=O)sc3ccccc23)CC1. The van der Waals surface area contributed by atoms with Crippen LogP contribution in [0, 0.1) is 0 Å². The zero-order chi connectivity index (χ0) is 13.4. The molecule has 0 amide bonds. The van der Waals surface area contributed by atoms with Crippen LogP contribution in [0.15, 0.2) is 29.1 Å². The maximum Gasteiger partial charge on any atom is 0.257 e. The number of nitrogens with two attached hydrogens (primary N) is 1. The lowest BCUT2D eigenvalue weighted by molar-refractivity contribution is 0.313. The predicted octanol–water partition coefficient (Wildman–Crippen LogP) is 1.60. The average molecular weight is 275 g/mol. The van der Waals surface area contributed by atoms with Crippen molar-refractivity contribution in [2.75, 3.05) is 43.9 Å². The summed E-state index contributed by atoms with van der Waals surface area (Å²) < 4.78 is 0.975. The summed E-state index contributed by atoms with van der Waals surface area (Å²) in [4.78, 5) is 16.5. The summed E-state index contributed by atoms with van der Waals surface area (Å²) in [6.45, 7) is 3.83. The summed E-state index contributed by atoms with van der Waals surface area (Å²) in [5.74, 6) is 0. The normalized spacial score (nSPS) is 17.0. The molecule has 3 rings (SSSR count). The first-order chi connectivity index (χ1) is 9.16. The van der Waals surface area contributed by atoms with Crippen molar-refractivity contribution in [2.45, 2.75) is 0 Å². The van der Waals surface area contributed by atoms with Crippen LogP contribution in [0.2, 0.25) is 0 Å². The van der Waals surface area contributed by atoms with Gasteiger partial charge in [0.2, 0.25) is 0 Å². The Labute approximate surface area is 116 Å². The van der Waals surface area contributed by atoms with E-state index in [1.54, 1.807) is 0 Å². The molecular weight excluding hydrogens is 258 g/mol. The number of rotatable bonds is 1. The van der Waals surface area contributed by atoms with E-state index in [1.165, 1.54) is 11.3 Å². The summed E-state index contributed by atoms with van der Waals surface area (Å²) in [6.07, 6.45) is 0. The van der Waals surface area contributed by atoms with Gasteiger partial charge in [-0.1, -0.05) is 29.5 Å². The number of anilines is 2. The number of piperazine rings is 1. The number of likely N-dealkylation sites (N-methyl/N-ethyl adjacent to an activating group) is 1. The van der Waals surface area contributed by atoms with Crippen molar-refractivity contribution in [1.29, 1.82) is 0 Å². The van der Waals surface area contributed by atoms with Crippen LogP contribution in [0.3, 0.4) is 0 Å². The van der Waals surface area contributed by atoms with Gasteiger partial charge in [-0.05, 0) is 13.1 Å². The van der Waals surface area contributed by atoms with Crippen molar-refractivity contribution < 1.29 is 0 Å². The molecule has 0 aliphatic carbocycles. The maximum absolute atomic E-state index is 12.0. The molecular formula is C14H17N3OS. The topological polar surface area (TPSA) is 49.6 Å². The first kappa shape index (κ1) is 12.4. The summed E-state index contributed by atoms with van der Waals surface area (Å²) in [7, 11) is 2.12. The van der Waals surface area contributed by atoms with E-state index in [1.807, 2.05) is 18.2 Å². The third-order valence-electron chi connectivity index (χ3n) is 3.64. The van der Waals surface area contributed by atoms with Crippen LogP contribution in [0.4, 0.5) is 11.4 Å². The number of fused-ring (bicyclic) bond motifs is 1. The molecule has 1 aliphatic rings. The lowest BCUT2D eigenvalue weighted by Crippen LogP contribution is -2.45. The molecule has 1 aliphatic heterocycles. The van der Waals surface area contributed by atoms with E-state index in [9.17, 15) is 4.79 Å². The lowest BCUT2D eigenvalue weighted by atomic mass is 10.1. The number of nitrogens with zero attached hydrogens (tertiary/aromatic N) is 2. The van der Waals surface area contributed by atoms with Gasteiger partial charge in [0, 0.05) is 36.3 Å². The highest BCUT2D eigenvalue weighted by molar-refractivity contribution is 7.16. The lowest BCUT2D eigenvalue weighted by Gasteiger charge is -2.35. The quantitative estimate of drug-likeness (QED) is 0.859. The minimum Gasteiger partial charge on any atom is -0.393 e. The van der Waals surface area contributed by atoms with Crippen LogP contribution >= 0.6 is 11.3 Å². The fourth-order valence-electron chi connectivity index (χ4n) is 2.52. The zero-order valence-corrected chi connectivity index (χ0v) is 11.7. The average Bonchev–Trinajstić information content (AvgIpc) is 2.42. The molecule has 2 aromatic rings. The fraction of sp³-hybridized carbons (Fsp3) is 0.357. The summed E-state index contributed by atoms with van der Waals surface area (Å²) in [6, 6.07) is 8.00. The number of benzene rings is 1. The summed E-state index contributed by atoms with van der Waals surface area (Å²) in [5, 5.41) is 1.09. The molecule has 5 heteroatoms. The van der Waals surface area contributed by atoms with E-state index < -0.39 is 0 Å². The largest absolute Gasteiger partial charge is 0.393 e. The van der Waals surface area contributed by atoms with Gasteiger partial charge in [-0.25, -0.2) is 0 Å². The molecule has 1 aromatic carbocycles. The van der Waals surface area contributed by atoms with Gasteiger partial charge in [-0.3, -0.25) is 4.79 Å². The first-order valence-electron chi connectivity index (χ1n) is 6.41. The molecule has 0 atom stereocenters. The van der Waals surface area contributed by atoms with Gasteiger partial charge in [-0.15, -0.1) is 0 Å². The van der Waals surface area contributed by atoms with Gasteiger partial charge >= 0.3 is 0 Å². The van der Waals surface area contributed by atoms with Crippen LogP contribution in [0.5, 0.6) is 0 Å². The Morgan fingerprint density at radius 3 is 2.58 bits per heavy atom. The van der Waals surface area contributed by atoms with Crippen LogP contribution in [-0.4, -0.2) is 38.1 Å². The van der Waals surface area contributed by atoms with E-state index in [2.05, 4.69) is 22.9 Å². The van der Waals surface area contributed by atoms with Crippen molar-refractivity contribution in [3.8, 4) is 0 Å². The second-order valence-corrected chi connectivity index (χ2v) is 5.95. The monoisotopic (exact) mass is 275 g/mol. The molecule has 1 saturated heterocycles. The van der Waals surface area contributed by atoms with E-state index in [4.69, 9.17) is 5.73 Å². The number of hydrogen-bond acceptors (Lipinski definition) is 5. The van der Waals surface area contributed by atoms with E-state index in [0.717, 1.165) is 42.0 Å². The molecule has 1 aromatic heterocycles. The molecule has 2 N–H and O–H groups in total. The van der Waals surface area contributed by atoms with Crippen LogP contribution in [-0.2, 0) is 0 Å². The molecule has 1 fully saturated rings. The molecule has 0 saturated carbocycles. The van der Waals surface area contributed by atoms with Crippen molar-refractivity contribution in [3.05, 3.63) is 33.8 Å². The van der Waals surface area contributed by atoms with Gasteiger partial charge in [-0.2, -0.15) is 0 Å². The summed E-state index contributed by atoms with van der Waals surface area (Å²) >= 11 is 1.23. The predicted molar refractivity (Wildman–Crippen MR) is 82.2 cm³/mol. The standard InChI is InChI=1S/C14H17N3OS/c1-16-6-8-17(9-7-16)13-10-4-2-3-5-11(10)19-14(18)12(13)15/h2-5H,6-9,15H2,1H3. The molecule has 0 bridgehead atoms. The van der Waals surface area contributed by atoms with E-state index in [-0.39, 0.29) is 4.74 Å². The van der Waals surface area contributed by atoms with Crippen LogP contribution in [0.25, 0.3) is 10.1 Å². The van der Waals surface area contributed by atoms with Crippen LogP contribution < -0.4 is 15.4 Å². The Kier molecular flexibility index (Phi) is 3.16. The Morgan fingerprint density at radius 1 is 1.16 bits per heavy atom. The Hall–Kier alpha value is -1.59. The molecule has 0 unspecified atom stereocenters. The summed E-state index contributed by atoms with van der Waals surface area (Å²) in [5.41, 5.74) is 7.38. The Bertz CT molecular complexity index is 659. The second kappa shape index (κ2) is 4.83. The van der Waals surface area contributed by atoms with Crippen molar-refractivity contribution in [1.82, 2.24) is 4.90 Å². The Balaban J connectivity index is 2.16. The van der Waals surface area contributed by atoms with Crippen molar-refractivity contribution in [3.63, 3.8) is 0 Å². The molecule has 0 radical (unpaired) electrons. The molecule has 19 heavy (non-hydrogen) atoms. The van der Waals surface area contributed by atoms with Gasteiger partial charge in [0.15, 0.2) is 0 Å². The highest BCUT2D eigenvalue weighted by atomic mass is 32.1. The van der Waals surface area contributed by atoms with Crippen LogP contribution in [0.1, 0.15) is 0 Å². The maximum atomic E-state index is 12.0. The molecule has 100 valence electrons. The molecule has 4 nitrogen and oxygen atoms in total. The number of hydrogen-bond donors (Lipinski definition) is 1. The zero-order valence-electron chi connectivity index (χ0n) is 10.9. The van der Waals surface area contributed by atoms with Crippen molar-refractivity contribution >= 4 is 32.8 Å². The van der Waals surface area contributed by atoms with E-state index >= 15 is 0 Å².